The summed E-state index contributed by atoms with van der Waals surface area (Å²) in [7, 11) is 4.93. The lowest BCUT2D eigenvalue weighted by Gasteiger charge is -2.16. The molecule has 1 N–H and O–H groups in total. The van der Waals surface area contributed by atoms with Crippen LogP contribution < -0.4 is 20.5 Å². The molecule has 4 rings (SSSR count). The molecular weight excluding hydrogens is 557 g/mol. The van der Waals surface area contributed by atoms with Gasteiger partial charge < -0.3 is 24.4 Å². The fourth-order valence-corrected chi connectivity index (χ4v) is 3.87. The number of methoxy groups -OCH3 is 1. The number of carbonyl (C=O) groups is 2. The molecule has 0 fully saturated rings. The molecule has 1 aromatic heterocycles. The Labute approximate surface area is 238 Å². The number of benzene rings is 3. The summed E-state index contributed by atoms with van der Waals surface area (Å²) in [6.07, 6.45) is -3.25. The van der Waals surface area contributed by atoms with Crippen LogP contribution in [0.5, 0.6) is 11.5 Å². The number of alkyl halides is 3. The molecule has 13 heteroatoms. The molecule has 220 valence electrons. The number of aromatic nitrogens is 2. The molecule has 0 unspecified atom stereocenters. The lowest BCUT2D eigenvalue weighted by Crippen LogP contribution is -2.25. The van der Waals surface area contributed by atoms with Crippen LogP contribution in [0.1, 0.15) is 11.1 Å². The second-order valence-electron chi connectivity index (χ2n) is 9.35. The summed E-state index contributed by atoms with van der Waals surface area (Å²) in [4.78, 5) is 43.7. The second kappa shape index (κ2) is 12.7. The van der Waals surface area contributed by atoms with Crippen molar-refractivity contribution in [2.45, 2.75) is 19.3 Å². The number of rotatable bonds is 10. The molecule has 3 aromatic carbocycles. The molecule has 0 atom stereocenters. The van der Waals surface area contributed by atoms with Crippen LogP contribution in [0.15, 0.2) is 71.8 Å². The normalized spacial score (nSPS) is 11.3. The summed E-state index contributed by atoms with van der Waals surface area (Å²) in [5.74, 6) is -0.653. The highest BCUT2D eigenvalue weighted by Crippen LogP contribution is 2.34. The van der Waals surface area contributed by atoms with Gasteiger partial charge in [0, 0.05) is 25.8 Å². The van der Waals surface area contributed by atoms with Gasteiger partial charge in [-0.3, -0.25) is 19.0 Å². The topological polar surface area (TPSA) is 112 Å². The van der Waals surface area contributed by atoms with Gasteiger partial charge >= 0.3 is 12.1 Å². The van der Waals surface area contributed by atoms with Crippen molar-refractivity contribution in [3.63, 3.8) is 0 Å². The van der Waals surface area contributed by atoms with E-state index >= 15 is 0 Å². The average Bonchev–Trinajstić information content (AvgIpc) is 2.95. The van der Waals surface area contributed by atoms with E-state index in [4.69, 9.17) is 9.47 Å². The summed E-state index contributed by atoms with van der Waals surface area (Å²) < 4.78 is 55.5. The molecule has 10 nitrogen and oxygen atoms in total. The first-order chi connectivity index (χ1) is 19.9. The molecule has 0 radical (unpaired) electrons. The fraction of sp³-hybridized carbons (Fsp3) is 0.241. The first-order valence-electron chi connectivity index (χ1n) is 12.5. The van der Waals surface area contributed by atoms with Crippen LogP contribution in [0, 0.1) is 0 Å². The van der Waals surface area contributed by atoms with Crippen molar-refractivity contribution in [1.29, 1.82) is 0 Å². The number of hydrogen-bond acceptors (Lipinski definition) is 8. The number of esters is 1. The van der Waals surface area contributed by atoms with Gasteiger partial charge in [0.2, 0.25) is 5.91 Å². The lowest BCUT2D eigenvalue weighted by atomic mass is 10.1. The zero-order valence-electron chi connectivity index (χ0n) is 22.9. The minimum atomic E-state index is -4.45. The van der Waals surface area contributed by atoms with Crippen LogP contribution in [0.4, 0.5) is 24.5 Å². The first-order valence-corrected chi connectivity index (χ1v) is 12.5. The number of hydrogen-bond donors (Lipinski definition) is 1. The zero-order chi connectivity index (χ0) is 30.4. The van der Waals surface area contributed by atoms with Crippen LogP contribution in [0.25, 0.3) is 10.9 Å². The van der Waals surface area contributed by atoms with Gasteiger partial charge in [-0.05, 0) is 42.0 Å². The number of carbonyl (C=O) groups excluding carboxylic acids is 2. The Bertz CT molecular complexity index is 1650. The molecule has 1 amide bonds. The van der Waals surface area contributed by atoms with E-state index in [1.54, 1.807) is 18.2 Å². The smallest absolute Gasteiger partial charge is 0.416 e. The van der Waals surface area contributed by atoms with E-state index in [-0.39, 0.29) is 35.5 Å². The van der Waals surface area contributed by atoms with Gasteiger partial charge in [-0.15, -0.1) is 0 Å². The molecule has 4 aromatic rings. The number of nitrogens with one attached hydrogen (secondary N) is 1. The summed E-state index contributed by atoms with van der Waals surface area (Å²) in [6, 6.07) is 14.4. The van der Waals surface area contributed by atoms with Crippen molar-refractivity contribution in [3.05, 3.63) is 88.5 Å². The number of nitrogens with zero attached hydrogens (tertiary/aromatic N) is 3. The molecule has 0 saturated heterocycles. The van der Waals surface area contributed by atoms with Gasteiger partial charge in [0.05, 0.1) is 42.2 Å². The maximum atomic E-state index is 13.1. The quantitative estimate of drug-likeness (QED) is 0.269. The summed E-state index contributed by atoms with van der Waals surface area (Å²) >= 11 is 0. The molecular formula is C29H27F3N4O6. The number of halogens is 3. The molecule has 0 saturated carbocycles. The van der Waals surface area contributed by atoms with Crippen LogP contribution in [-0.4, -0.2) is 49.2 Å². The van der Waals surface area contributed by atoms with Crippen molar-refractivity contribution in [3.8, 4) is 11.5 Å². The highest BCUT2D eigenvalue weighted by Gasteiger charge is 2.29. The molecule has 0 aliphatic carbocycles. The molecule has 1 heterocycles. The van der Waals surface area contributed by atoms with E-state index in [9.17, 15) is 27.6 Å². The third-order valence-corrected chi connectivity index (χ3v) is 6.07. The first kappa shape index (κ1) is 30.1. The number of anilines is 2. The Morgan fingerprint density at radius 1 is 1.05 bits per heavy atom. The van der Waals surface area contributed by atoms with Crippen LogP contribution in [-0.2, 0) is 38.4 Å². The summed E-state index contributed by atoms with van der Waals surface area (Å²) in [5, 5.41) is 2.82. The van der Waals surface area contributed by atoms with Crippen LogP contribution in [0.3, 0.4) is 0 Å². The van der Waals surface area contributed by atoms with Crippen molar-refractivity contribution in [2.75, 3.05) is 38.0 Å². The number of amides is 1. The Hall–Kier alpha value is -4.91. The maximum absolute atomic E-state index is 13.1. The van der Waals surface area contributed by atoms with Gasteiger partial charge in [0.1, 0.15) is 18.9 Å². The van der Waals surface area contributed by atoms with E-state index in [1.165, 1.54) is 37.7 Å². The average molecular weight is 585 g/mol. The predicted octanol–water partition coefficient (Wildman–Crippen LogP) is 4.60. The van der Waals surface area contributed by atoms with Crippen LogP contribution >= 0.6 is 0 Å². The predicted molar refractivity (Wildman–Crippen MR) is 149 cm³/mol. The lowest BCUT2D eigenvalue weighted by molar-refractivity contribution is -0.141. The van der Waals surface area contributed by atoms with Gasteiger partial charge in [-0.2, -0.15) is 13.2 Å². The van der Waals surface area contributed by atoms with Crippen molar-refractivity contribution in [1.82, 2.24) is 9.55 Å². The molecule has 0 aliphatic heterocycles. The SMILES string of the molecule is COC(=O)Cn1cnc2cc(NC(=O)COCc3ccc(C(F)(F)F)cc3)c(Oc3cccc(N(C)C)c3)cc2c1=O. The minimum absolute atomic E-state index is 0.0920. The van der Waals surface area contributed by atoms with Crippen molar-refractivity contribution < 1.29 is 37.0 Å². The largest absolute Gasteiger partial charge is 0.468 e. The van der Waals surface area contributed by atoms with Crippen molar-refractivity contribution in [2.24, 2.45) is 0 Å². The Morgan fingerprint density at radius 3 is 2.45 bits per heavy atom. The standard InChI is InChI=1S/C29H27F3N4O6/c1-35(2)20-5-4-6-21(11-20)42-25-12-22-23(33-17-36(28(22)39)14-27(38)40-3)13-24(25)34-26(37)16-41-15-18-7-9-19(10-8-18)29(30,31)32/h4-13,17H,14-16H2,1-3H3,(H,34,37). The second-order valence-corrected chi connectivity index (χ2v) is 9.35. The third-order valence-electron chi connectivity index (χ3n) is 6.07. The minimum Gasteiger partial charge on any atom is -0.468 e. The third kappa shape index (κ3) is 7.43. The fourth-order valence-electron chi connectivity index (χ4n) is 3.87. The Kier molecular flexibility index (Phi) is 9.11. The summed E-state index contributed by atoms with van der Waals surface area (Å²) in [5.41, 5.74) is 0.427. The Morgan fingerprint density at radius 2 is 1.79 bits per heavy atom. The molecule has 0 aliphatic rings. The molecule has 0 bridgehead atoms. The van der Waals surface area contributed by atoms with E-state index in [0.717, 1.165) is 22.4 Å². The highest BCUT2D eigenvalue weighted by molar-refractivity contribution is 5.96. The van der Waals surface area contributed by atoms with Gasteiger partial charge in [-0.1, -0.05) is 18.2 Å². The van der Waals surface area contributed by atoms with Crippen molar-refractivity contribution >= 4 is 34.2 Å². The van der Waals surface area contributed by atoms with Gasteiger partial charge in [0.25, 0.3) is 5.56 Å². The molecule has 0 spiro atoms. The summed E-state index contributed by atoms with van der Waals surface area (Å²) in [6.45, 7) is -0.845. The van der Waals surface area contributed by atoms with Crippen LogP contribution in [0.2, 0.25) is 0 Å². The van der Waals surface area contributed by atoms with Gasteiger partial charge in [0.15, 0.2) is 5.75 Å². The number of ether oxygens (including phenoxy) is 3. The number of fused-ring (bicyclic) bond motifs is 1. The highest BCUT2D eigenvalue weighted by atomic mass is 19.4. The van der Waals surface area contributed by atoms with E-state index in [2.05, 4.69) is 15.0 Å². The monoisotopic (exact) mass is 584 g/mol. The van der Waals surface area contributed by atoms with Gasteiger partial charge in [-0.25, -0.2) is 4.98 Å². The zero-order valence-corrected chi connectivity index (χ0v) is 22.9. The van der Waals surface area contributed by atoms with E-state index in [1.807, 2.05) is 25.1 Å². The molecule has 42 heavy (non-hydrogen) atoms. The van der Waals surface area contributed by atoms with E-state index in [0.29, 0.717) is 11.3 Å². The Balaban J connectivity index is 1.57. The van der Waals surface area contributed by atoms with E-state index < -0.39 is 35.8 Å². The maximum Gasteiger partial charge on any atom is 0.416 e.